The molecule has 1 aromatic heterocycles. The molecule has 3 rings (SSSR count). The van der Waals surface area contributed by atoms with Crippen molar-refractivity contribution in [3.8, 4) is 6.07 Å². The molecule has 0 bridgehead atoms. The van der Waals surface area contributed by atoms with Gasteiger partial charge in [-0.25, -0.2) is 0 Å². The Hall–Kier alpha value is -2.68. The number of carboxylic acids is 1. The number of carbonyl (C=O) groups is 1. The summed E-state index contributed by atoms with van der Waals surface area (Å²) >= 11 is 0. The second-order valence-electron chi connectivity index (χ2n) is 5.13. The average molecular weight is 282 g/mol. The summed E-state index contributed by atoms with van der Waals surface area (Å²) < 4.78 is 0. The van der Waals surface area contributed by atoms with Gasteiger partial charge in [-0.3, -0.25) is 4.79 Å². The number of aliphatic carboxylic acids is 1. The van der Waals surface area contributed by atoms with Crippen LogP contribution in [0.1, 0.15) is 18.5 Å². The van der Waals surface area contributed by atoms with Gasteiger partial charge in [-0.2, -0.15) is 5.26 Å². The maximum absolute atomic E-state index is 11.0. The highest BCUT2D eigenvalue weighted by Gasteiger charge is 2.27. The second-order valence-corrected chi connectivity index (χ2v) is 5.13. The lowest BCUT2D eigenvalue weighted by atomic mass is 9.96. The third-order valence-corrected chi connectivity index (χ3v) is 3.91. The van der Waals surface area contributed by atoms with E-state index in [2.05, 4.69) is 21.2 Å². The van der Waals surface area contributed by atoms with Gasteiger partial charge in [0.2, 0.25) is 0 Å². The minimum atomic E-state index is -0.743. The SMILES string of the molecule is N#Cc1nnc2ccccc2c1N1CCC(C(=O)O)CC1. The molecule has 1 aliphatic rings. The monoisotopic (exact) mass is 282 g/mol. The van der Waals surface area contributed by atoms with E-state index in [1.54, 1.807) is 0 Å². The lowest BCUT2D eigenvalue weighted by molar-refractivity contribution is -0.142. The molecular formula is C15H14N4O2. The lowest BCUT2D eigenvalue weighted by Crippen LogP contribution is -2.37. The number of anilines is 1. The van der Waals surface area contributed by atoms with Crippen LogP contribution in [0.15, 0.2) is 24.3 Å². The fourth-order valence-corrected chi connectivity index (χ4v) is 2.79. The van der Waals surface area contributed by atoms with Crippen molar-refractivity contribution >= 4 is 22.6 Å². The molecule has 6 nitrogen and oxygen atoms in total. The molecule has 2 heterocycles. The van der Waals surface area contributed by atoms with Crippen LogP contribution in [-0.2, 0) is 4.79 Å². The summed E-state index contributed by atoms with van der Waals surface area (Å²) in [5.74, 6) is -1.04. The minimum Gasteiger partial charge on any atom is -0.481 e. The van der Waals surface area contributed by atoms with Crippen molar-refractivity contribution in [1.29, 1.82) is 5.26 Å². The molecular weight excluding hydrogens is 268 g/mol. The summed E-state index contributed by atoms with van der Waals surface area (Å²) in [5, 5.41) is 27.3. The Bertz CT molecular complexity index is 730. The van der Waals surface area contributed by atoms with Crippen molar-refractivity contribution in [3.05, 3.63) is 30.0 Å². The van der Waals surface area contributed by atoms with Crippen LogP contribution in [0.25, 0.3) is 10.9 Å². The average Bonchev–Trinajstić information content (AvgIpc) is 2.53. The first-order valence-corrected chi connectivity index (χ1v) is 6.84. The van der Waals surface area contributed by atoms with Crippen molar-refractivity contribution in [1.82, 2.24) is 10.2 Å². The quantitative estimate of drug-likeness (QED) is 0.903. The number of hydrogen-bond donors (Lipinski definition) is 1. The van der Waals surface area contributed by atoms with Crippen molar-refractivity contribution < 1.29 is 9.90 Å². The molecule has 0 spiro atoms. The van der Waals surface area contributed by atoms with Crippen LogP contribution >= 0.6 is 0 Å². The molecule has 0 aliphatic carbocycles. The summed E-state index contributed by atoms with van der Waals surface area (Å²) in [4.78, 5) is 13.1. The highest BCUT2D eigenvalue weighted by molar-refractivity contribution is 5.93. The first-order chi connectivity index (χ1) is 10.2. The van der Waals surface area contributed by atoms with Gasteiger partial charge >= 0.3 is 5.97 Å². The third kappa shape index (κ3) is 2.38. The van der Waals surface area contributed by atoms with Crippen LogP contribution in [0.4, 0.5) is 5.69 Å². The first kappa shape index (κ1) is 13.3. The number of benzene rings is 1. The van der Waals surface area contributed by atoms with Crippen LogP contribution < -0.4 is 4.90 Å². The highest BCUT2D eigenvalue weighted by atomic mass is 16.4. The number of fused-ring (bicyclic) bond motifs is 1. The molecule has 106 valence electrons. The molecule has 21 heavy (non-hydrogen) atoms. The Balaban J connectivity index is 2.00. The van der Waals surface area contributed by atoms with Crippen molar-refractivity contribution in [3.63, 3.8) is 0 Å². The fourth-order valence-electron chi connectivity index (χ4n) is 2.79. The maximum atomic E-state index is 11.0. The van der Waals surface area contributed by atoms with E-state index in [9.17, 15) is 10.1 Å². The topological polar surface area (TPSA) is 90.1 Å². The van der Waals surface area contributed by atoms with Gasteiger partial charge in [0.15, 0.2) is 5.69 Å². The molecule has 1 saturated heterocycles. The summed E-state index contributed by atoms with van der Waals surface area (Å²) in [5.41, 5.74) is 1.81. The number of aromatic nitrogens is 2. The molecule has 0 radical (unpaired) electrons. The van der Waals surface area contributed by atoms with E-state index < -0.39 is 5.97 Å². The Kier molecular flexibility index (Phi) is 3.40. The largest absolute Gasteiger partial charge is 0.481 e. The molecule has 2 aromatic rings. The van der Waals surface area contributed by atoms with E-state index in [-0.39, 0.29) is 5.92 Å². The molecule has 1 N–H and O–H groups in total. The molecule has 1 fully saturated rings. The van der Waals surface area contributed by atoms with Gasteiger partial charge in [0.05, 0.1) is 17.1 Å². The lowest BCUT2D eigenvalue weighted by Gasteiger charge is -2.32. The second kappa shape index (κ2) is 5.37. The smallest absolute Gasteiger partial charge is 0.306 e. The molecule has 0 saturated carbocycles. The van der Waals surface area contributed by atoms with Crippen LogP contribution in [0, 0.1) is 17.2 Å². The van der Waals surface area contributed by atoms with Gasteiger partial charge in [-0.1, -0.05) is 18.2 Å². The van der Waals surface area contributed by atoms with E-state index in [0.717, 1.165) is 16.6 Å². The summed E-state index contributed by atoms with van der Waals surface area (Å²) in [6.45, 7) is 1.22. The summed E-state index contributed by atoms with van der Waals surface area (Å²) in [6, 6.07) is 9.65. The van der Waals surface area contributed by atoms with Gasteiger partial charge in [0, 0.05) is 18.5 Å². The number of carboxylic acid groups (broad SMARTS) is 1. The standard InChI is InChI=1S/C15H14N4O2/c16-9-13-14(11-3-1-2-4-12(11)17-18-13)19-7-5-10(6-8-19)15(20)21/h1-4,10H,5-8H2,(H,20,21). The number of piperidine rings is 1. The van der Waals surface area contributed by atoms with Crippen LogP contribution in [0.2, 0.25) is 0 Å². The number of nitriles is 1. The van der Waals surface area contributed by atoms with Gasteiger partial charge in [-0.05, 0) is 18.9 Å². The molecule has 0 unspecified atom stereocenters. The molecule has 1 aliphatic heterocycles. The van der Waals surface area contributed by atoms with E-state index >= 15 is 0 Å². The van der Waals surface area contributed by atoms with Crippen molar-refractivity contribution in [2.24, 2.45) is 5.92 Å². The van der Waals surface area contributed by atoms with Crippen LogP contribution in [-0.4, -0.2) is 34.4 Å². The Labute approximate surface area is 121 Å². The molecule has 0 amide bonds. The normalized spacial score (nSPS) is 15.9. The Morgan fingerprint density at radius 1 is 1.29 bits per heavy atom. The predicted octanol–water partition coefficient (Wildman–Crippen LogP) is 1.80. The van der Waals surface area contributed by atoms with Gasteiger partial charge in [-0.15, -0.1) is 10.2 Å². The van der Waals surface area contributed by atoms with Crippen LogP contribution in [0.3, 0.4) is 0 Å². The van der Waals surface area contributed by atoms with E-state index in [1.165, 1.54) is 0 Å². The number of rotatable bonds is 2. The molecule has 1 aromatic carbocycles. The predicted molar refractivity (Wildman–Crippen MR) is 76.8 cm³/mol. The first-order valence-electron chi connectivity index (χ1n) is 6.84. The summed E-state index contributed by atoms with van der Waals surface area (Å²) in [6.07, 6.45) is 1.16. The van der Waals surface area contributed by atoms with Crippen molar-refractivity contribution in [2.75, 3.05) is 18.0 Å². The van der Waals surface area contributed by atoms with E-state index in [4.69, 9.17) is 5.11 Å². The van der Waals surface area contributed by atoms with Crippen LogP contribution in [0.5, 0.6) is 0 Å². The zero-order valence-electron chi connectivity index (χ0n) is 11.4. The zero-order chi connectivity index (χ0) is 14.8. The number of hydrogen-bond acceptors (Lipinski definition) is 5. The third-order valence-electron chi connectivity index (χ3n) is 3.91. The number of nitrogens with zero attached hydrogens (tertiary/aromatic N) is 4. The van der Waals surface area contributed by atoms with Gasteiger partial charge in [0.25, 0.3) is 0 Å². The highest BCUT2D eigenvalue weighted by Crippen LogP contribution is 2.31. The van der Waals surface area contributed by atoms with E-state index in [1.807, 2.05) is 24.3 Å². The Morgan fingerprint density at radius 3 is 2.67 bits per heavy atom. The maximum Gasteiger partial charge on any atom is 0.306 e. The fraction of sp³-hybridized carbons (Fsp3) is 0.333. The zero-order valence-corrected chi connectivity index (χ0v) is 11.4. The van der Waals surface area contributed by atoms with E-state index in [0.29, 0.717) is 31.6 Å². The minimum absolute atomic E-state index is 0.294. The molecule has 0 atom stereocenters. The van der Waals surface area contributed by atoms with Gasteiger partial charge < -0.3 is 10.0 Å². The summed E-state index contributed by atoms with van der Waals surface area (Å²) in [7, 11) is 0. The molecule has 6 heteroatoms. The Morgan fingerprint density at radius 2 is 2.00 bits per heavy atom. The van der Waals surface area contributed by atoms with Crippen molar-refractivity contribution in [2.45, 2.75) is 12.8 Å². The van der Waals surface area contributed by atoms with Gasteiger partial charge in [0.1, 0.15) is 6.07 Å².